The van der Waals surface area contributed by atoms with Gasteiger partial charge in [0.1, 0.15) is 5.82 Å². The highest BCUT2D eigenvalue weighted by atomic mass is 79.9. The van der Waals surface area contributed by atoms with E-state index >= 15 is 0 Å². The number of benzene rings is 1. The zero-order valence-corrected chi connectivity index (χ0v) is 12.6. The van der Waals surface area contributed by atoms with Crippen molar-refractivity contribution in [2.24, 2.45) is 0 Å². The normalized spacial score (nSPS) is 10.5. The van der Waals surface area contributed by atoms with Gasteiger partial charge >= 0.3 is 0 Å². The van der Waals surface area contributed by atoms with Crippen molar-refractivity contribution < 1.29 is 0 Å². The minimum absolute atomic E-state index is 0.762. The second-order valence-electron chi connectivity index (χ2n) is 4.39. The van der Waals surface area contributed by atoms with Crippen LogP contribution in [0.5, 0.6) is 0 Å². The summed E-state index contributed by atoms with van der Waals surface area (Å²) in [6.45, 7) is 6.13. The van der Waals surface area contributed by atoms with Gasteiger partial charge in [0, 0.05) is 28.8 Å². The predicted octanol–water partition coefficient (Wildman–Crippen LogP) is 3.87. The average Bonchev–Trinajstić information content (AvgIpc) is 2.34. The zero-order chi connectivity index (χ0) is 13.3. The van der Waals surface area contributed by atoms with E-state index in [1.807, 2.05) is 20.0 Å². The lowest BCUT2D eigenvalue weighted by atomic mass is 10.1. The number of hydrogen-bond donors (Lipinski definition) is 1. The van der Waals surface area contributed by atoms with Crippen LogP contribution in [0.3, 0.4) is 0 Å². The van der Waals surface area contributed by atoms with Gasteiger partial charge in [-0.25, -0.2) is 9.97 Å². The highest BCUT2D eigenvalue weighted by Gasteiger charge is 2.08. The molecule has 3 nitrogen and oxygen atoms in total. The lowest BCUT2D eigenvalue weighted by Crippen LogP contribution is -1.99. The number of nitrogens with one attached hydrogen (secondary N) is 1. The first kappa shape index (κ1) is 13.0. The molecule has 2 aromatic rings. The van der Waals surface area contributed by atoms with Gasteiger partial charge in [0.2, 0.25) is 0 Å². The maximum atomic E-state index is 4.50. The van der Waals surface area contributed by atoms with Gasteiger partial charge in [0.15, 0.2) is 5.82 Å². The fourth-order valence-electron chi connectivity index (χ4n) is 1.90. The van der Waals surface area contributed by atoms with Crippen LogP contribution in [0.2, 0.25) is 0 Å². The fraction of sp³-hybridized carbons (Fsp3) is 0.286. The highest BCUT2D eigenvalue weighted by molar-refractivity contribution is 9.10. The Bertz CT molecular complexity index is 571. The van der Waals surface area contributed by atoms with E-state index in [4.69, 9.17) is 0 Å². The topological polar surface area (TPSA) is 37.8 Å². The number of rotatable bonds is 2. The van der Waals surface area contributed by atoms with Crippen molar-refractivity contribution in [2.45, 2.75) is 20.8 Å². The van der Waals surface area contributed by atoms with Gasteiger partial charge in [0.25, 0.3) is 0 Å². The van der Waals surface area contributed by atoms with E-state index in [0.717, 1.165) is 27.4 Å². The Hall–Kier alpha value is -1.42. The molecule has 0 saturated heterocycles. The second-order valence-corrected chi connectivity index (χ2v) is 5.19. The molecule has 0 atom stereocenters. The average molecular weight is 306 g/mol. The molecule has 1 N–H and O–H groups in total. The summed E-state index contributed by atoms with van der Waals surface area (Å²) in [5.74, 6) is 1.61. The van der Waals surface area contributed by atoms with E-state index < -0.39 is 0 Å². The molecule has 1 aromatic carbocycles. The predicted molar refractivity (Wildman–Crippen MR) is 78.9 cm³/mol. The van der Waals surface area contributed by atoms with E-state index in [-0.39, 0.29) is 0 Å². The first-order valence-corrected chi connectivity index (χ1v) is 6.61. The SMILES string of the molecule is CNc1cc(C)nc(-c2cc(C)c(Br)c(C)c2)n1. The lowest BCUT2D eigenvalue weighted by Gasteiger charge is -2.09. The monoisotopic (exact) mass is 305 g/mol. The summed E-state index contributed by atoms with van der Waals surface area (Å²) < 4.78 is 1.15. The van der Waals surface area contributed by atoms with Crippen LogP contribution in [-0.4, -0.2) is 17.0 Å². The summed E-state index contributed by atoms with van der Waals surface area (Å²) in [6, 6.07) is 6.14. The number of aryl methyl sites for hydroxylation is 3. The Morgan fingerprint density at radius 3 is 2.17 bits per heavy atom. The lowest BCUT2D eigenvalue weighted by molar-refractivity contribution is 1.10. The van der Waals surface area contributed by atoms with E-state index in [1.54, 1.807) is 0 Å². The first-order valence-electron chi connectivity index (χ1n) is 5.82. The first-order chi connectivity index (χ1) is 8.51. The Morgan fingerprint density at radius 2 is 1.61 bits per heavy atom. The van der Waals surface area contributed by atoms with Crippen LogP contribution in [0.15, 0.2) is 22.7 Å². The summed E-state index contributed by atoms with van der Waals surface area (Å²) >= 11 is 3.58. The molecule has 0 aliphatic heterocycles. The molecule has 0 saturated carbocycles. The van der Waals surface area contributed by atoms with E-state index in [9.17, 15) is 0 Å². The summed E-state index contributed by atoms with van der Waals surface area (Å²) in [7, 11) is 1.86. The standard InChI is InChI=1S/C14H16BrN3/c1-8-5-11(6-9(2)13(8)15)14-17-10(3)7-12(16-4)18-14/h5-7H,1-4H3,(H,16,17,18). The number of aromatic nitrogens is 2. The Balaban J connectivity index is 2.58. The Morgan fingerprint density at radius 1 is 1.00 bits per heavy atom. The van der Waals surface area contributed by atoms with E-state index in [1.165, 1.54) is 11.1 Å². The van der Waals surface area contributed by atoms with Crippen LogP contribution in [0.25, 0.3) is 11.4 Å². The number of hydrogen-bond acceptors (Lipinski definition) is 3. The van der Waals surface area contributed by atoms with Crippen molar-refractivity contribution in [3.8, 4) is 11.4 Å². The van der Waals surface area contributed by atoms with Crippen LogP contribution < -0.4 is 5.32 Å². The molecule has 4 heteroatoms. The summed E-state index contributed by atoms with van der Waals surface area (Å²) in [4.78, 5) is 8.99. The van der Waals surface area contributed by atoms with Crippen molar-refractivity contribution in [1.29, 1.82) is 0 Å². The van der Waals surface area contributed by atoms with Crippen LogP contribution >= 0.6 is 15.9 Å². The second kappa shape index (κ2) is 5.06. The van der Waals surface area contributed by atoms with Gasteiger partial charge in [-0.15, -0.1) is 0 Å². The zero-order valence-electron chi connectivity index (χ0n) is 11.0. The molecule has 0 aliphatic rings. The van der Waals surface area contributed by atoms with Gasteiger partial charge in [0.05, 0.1) is 0 Å². The molecule has 0 radical (unpaired) electrons. The molecule has 1 heterocycles. The van der Waals surface area contributed by atoms with Gasteiger partial charge in [-0.1, -0.05) is 15.9 Å². The molecule has 0 amide bonds. The minimum atomic E-state index is 0.762. The summed E-state index contributed by atoms with van der Waals surface area (Å²) in [5, 5.41) is 3.06. The third-order valence-corrected chi connectivity index (χ3v) is 4.06. The molecule has 18 heavy (non-hydrogen) atoms. The molecule has 0 aliphatic carbocycles. The highest BCUT2D eigenvalue weighted by Crippen LogP contribution is 2.27. The molecule has 0 spiro atoms. The van der Waals surface area contributed by atoms with Crippen molar-refractivity contribution >= 4 is 21.7 Å². The quantitative estimate of drug-likeness (QED) is 0.915. The maximum Gasteiger partial charge on any atom is 0.161 e. The fourth-order valence-corrected chi connectivity index (χ4v) is 2.13. The molecule has 0 bridgehead atoms. The number of anilines is 1. The van der Waals surface area contributed by atoms with Crippen molar-refractivity contribution in [3.05, 3.63) is 39.5 Å². The Kier molecular flexibility index (Phi) is 3.66. The van der Waals surface area contributed by atoms with Crippen molar-refractivity contribution in [3.63, 3.8) is 0 Å². The molecular weight excluding hydrogens is 290 g/mol. The van der Waals surface area contributed by atoms with Crippen molar-refractivity contribution in [2.75, 3.05) is 12.4 Å². The molecular formula is C14H16BrN3. The molecule has 0 fully saturated rings. The van der Waals surface area contributed by atoms with Crippen LogP contribution in [0.4, 0.5) is 5.82 Å². The minimum Gasteiger partial charge on any atom is -0.373 e. The van der Waals surface area contributed by atoms with Crippen molar-refractivity contribution in [1.82, 2.24) is 9.97 Å². The smallest absolute Gasteiger partial charge is 0.161 e. The maximum absolute atomic E-state index is 4.50. The summed E-state index contributed by atoms with van der Waals surface area (Å²) in [5.41, 5.74) is 4.40. The van der Waals surface area contributed by atoms with Crippen LogP contribution in [0.1, 0.15) is 16.8 Å². The number of nitrogens with zero attached hydrogens (tertiary/aromatic N) is 2. The third-order valence-electron chi connectivity index (χ3n) is 2.80. The van der Waals surface area contributed by atoms with Gasteiger partial charge < -0.3 is 5.32 Å². The Labute approximate surface area is 116 Å². The van der Waals surface area contributed by atoms with Gasteiger partial charge in [-0.2, -0.15) is 0 Å². The summed E-state index contributed by atoms with van der Waals surface area (Å²) in [6.07, 6.45) is 0. The van der Waals surface area contributed by atoms with Gasteiger partial charge in [-0.3, -0.25) is 0 Å². The van der Waals surface area contributed by atoms with E-state index in [2.05, 4.69) is 57.2 Å². The molecule has 2 rings (SSSR count). The molecule has 0 unspecified atom stereocenters. The number of halogens is 1. The molecule has 1 aromatic heterocycles. The van der Waals surface area contributed by atoms with Crippen LogP contribution in [-0.2, 0) is 0 Å². The largest absolute Gasteiger partial charge is 0.373 e. The third kappa shape index (κ3) is 2.53. The van der Waals surface area contributed by atoms with E-state index in [0.29, 0.717) is 0 Å². The van der Waals surface area contributed by atoms with Crippen LogP contribution in [0, 0.1) is 20.8 Å². The molecule has 94 valence electrons. The van der Waals surface area contributed by atoms with Gasteiger partial charge in [-0.05, 0) is 44.0 Å².